The fourth-order valence-electron chi connectivity index (χ4n) is 6.45. The Bertz CT molecular complexity index is 1390. The molecule has 0 saturated carbocycles. The molecule has 3 aliphatic rings. The number of β-amino-alcohol motifs (C(OH)–C–C–N with tert-alkyl or cyclic N) is 1. The van der Waals surface area contributed by atoms with Crippen LogP contribution in [-0.4, -0.2) is 83.0 Å². The van der Waals surface area contributed by atoms with Gasteiger partial charge in [-0.1, -0.05) is 18.2 Å². The summed E-state index contributed by atoms with van der Waals surface area (Å²) in [6.45, 7) is 5.73. The van der Waals surface area contributed by atoms with Gasteiger partial charge in [0, 0.05) is 58.3 Å². The number of hydrogen-bond donors (Lipinski definition) is 2. The van der Waals surface area contributed by atoms with E-state index in [-0.39, 0.29) is 23.8 Å². The lowest BCUT2D eigenvalue weighted by molar-refractivity contribution is -0.0328. The van der Waals surface area contributed by atoms with Crippen molar-refractivity contribution in [3.63, 3.8) is 0 Å². The van der Waals surface area contributed by atoms with Gasteiger partial charge in [0.25, 0.3) is 0 Å². The van der Waals surface area contributed by atoms with Gasteiger partial charge in [-0.05, 0) is 53.9 Å². The molecule has 2 saturated heterocycles. The number of fused-ring (bicyclic) bond motifs is 1. The van der Waals surface area contributed by atoms with Crippen molar-refractivity contribution in [1.82, 2.24) is 5.32 Å². The van der Waals surface area contributed by atoms with Crippen LogP contribution in [0.5, 0.6) is 11.5 Å². The maximum atomic E-state index is 14.3. The summed E-state index contributed by atoms with van der Waals surface area (Å²) in [7, 11) is 1.72. The van der Waals surface area contributed by atoms with Crippen molar-refractivity contribution in [2.45, 2.75) is 43.7 Å². The molecule has 3 aliphatic heterocycles. The van der Waals surface area contributed by atoms with Crippen molar-refractivity contribution in [3.8, 4) is 11.5 Å². The summed E-state index contributed by atoms with van der Waals surface area (Å²) in [6.07, 6.45) is 0.697. The number of aliphatic hydroxyl groups is 1. The summed E-state index contributed by atoms with van der Waals surface area (Å²) in [5.41, 5.74) is 3.38. The van der Waals surface area contributed by atoms with Crippen LogP contribution in [-0.2, 0) is 16.1 Å². The van der Waals surface area contributed by atoms with E-state index in [4.69, 9.17) is 18.9 Å². The first kappa shape index (κ1) is 30.6. The summed E-state index contributed by atoms with van der Waals surface area (Å²) >= 11 is 0. The Morgan fingerprint density at radius 2 is 1.86 bits per heavy atom. The zero-order valence-electron chi connectivity index (χ0n) is 25.1. The zero-order chi connectivity index (χ0) is 30.5. The predicted molar refractivity (Wildman–Crippen MR) is 165 cm³/mol. The van der Waals surface area contributed by atoms with Crippen LogP contribution in [0.2, 0.25) is 0 Å². The van der Waals surface area contributed by atoms with Gasteiger partial charge in [-0.2, -0.15) is 0 Å². The van der Waals surface area contributed by atoms with Crippen LogP contribution >= 0.6 is 0 Å². The second-order valence-electron chi connectivity index (χ2n) is 11.7. The lowest BCUT2D eigenvalue weighted by atomic mass is 9.85. The summed E-state index contributed by atoms with van der Waals surface area (Å²) in [6, 6.07) is 17.5. The van der Waals surface area contributed by atoms with E-state index in [0.29, 0.717) is 51.6 Å². The molecule has 0 spiro atoms. The van der Waals surface area contributed by atoms with Crippen LogP contribution in [0, 0.1) is 11.6 Å². The topological polar surface area (TPSA) is 75.7 Å². The monoisotopic (exact) mass is 609 g/mol. The van der Waals surface area contributed by atoms with E-state index >= 15 is 0 Å². The number of nitrogens with zero attached hydrogens (tertiary/aromatic N) is 2. The summed E-state index contributed by atoms with van der Waals surface area (Å²) in [5.74, 6) is 0.497. The predicted octanol–water partition coefficient (Wildman–Crippen LogP) is 4.49. The number of halogens is 2. The Morgan fingerprint density at radius 1 is 1.00 bits per heavy atom. The summed E-state index contributed by atoms with van der Waals surface area (Å²) in [4.78, 5) is 4.15. The van der Waals surface area contributed by atoms with Crippen LogP contribution in [0.4, 0.5) is 20.2 Å². The van der Waals surface area contributed by atoms with Gasteiger partial charge in [0.2, 0.25) is 0 Å². The van der Waals surface area contributed by atoms with Crippen molar-refractivity contribution in [2.24, 2.45) is 0 Å². The van der Waals surface area contributed by atoms with E-state index in [2.05, 4.69) is 16.3 Å². The van der Waals surface area contributed by atoms with E-state index < -0.39 is 17.7 Å². The zero-order valence-corrected chi connectivity index (χ0v) is 25.1. The molecule has 10 heteroatoms. The van der Waals surface area contributed by atoms with E-state index in [1.807, 2.05) is 41.3 Å². The van der Waals surface area contributed by atoms with Gasteiger partial charge in [-0.25, -0.2) is 8.78 Å². The number of hydrogen-bond acceptors (Lipinski definition) is 8. The molecule has 0 bridgehead atoms. The standard InChI is InChI=1S/C34H41F2N3O5/c1-41-15-2-12-38-14-16-42-32-10-3-23(17-30(32)38)22-43-33-20-37-19-31(40)34(33)24-4-7-26(8-5-24)44-27-11-13-39(21-27)29-18-25(35)6-9-28(29)36/h3-10,17-18,27,31,33-34,37,40H,2,11-16,19-22H2,1H3/t27-,31+,33-,34-/m0/s1. The Balaban J connectivity index is 1.07. The van der Waals surface area contributed by atoms with Crippen molar-refractivity contribution >= 4 is 11.4 Å². The number of benzene rings is 3. The molecule has 236 valence electrons. The molecule has 0 radical (unpaired) electrons. The molecule has 0 amide bonds. The number of rotatable bonds is 11. The minimum Gasteiger partial charge on any atom is -0.490 e. The Labute approximate surface area is 257 Å². The Morgan fingerprint density at radius 3 is 2.70 bits per heavy atom. The van der Waals surface area contributed by atoms with Crippen LogP contribution in [0.3, 0.4) is 0 Å². The molecule has 0 unspecified atom stereocenters. The largest absolute Gasteiger partial charge is 0.490 e. The molecule has 0 aliphatic carbocycles. The van der Waals surface area contributed by atoms with Gasteiger partial charge in [0.05, 0.1) is 43.3 Å². The SMILES string of the molecule is COCCCN1CCOc2ccc(CO[C@H]3CNC[C@@H](O)[C@@H]3c3ccc(O[C@H]4CCN(c5cc(F)ccc5F)C4)cc3)cc21. The molecule has 3 heterocycles. The first-order valence-electron chi connectivity index (χ1n) is 15.4. The van der Waals surface area contributed by atoms with E-state index in [1.54, 1.807) is 7.11 Å². The van der Waals surface area contributed by atoms with Gasteiger partial charge in [0.1, 0.15) is 35.8 Å². The molecular weight excluding hydrogens is 568 g/mol. The Kier molecular flexibility index (Phi) is 9.81. The van der Waals surface area contributed by atoms with Gasteiger partial charge in [-0.15, -0.1) is 0 Å². The lowest BCUT2D eigenvalue weighted by Gasteiger charge is -2.36. The molecule has 0 aromatic heterocycles. The average Bonchev–Trinajstić information content (AvgIpc) is 3.50. The van der Waals surface area contributed by atoms with Gasteiger partial charge >= 0.3 is 0 Å². The number of nitrogens with one attached hydrogen (secondary N) is 1. The van der Waals surface area contributed by atoms with Crippen molar-refractivity contribution in [2.75, 3.05) is 69.4 Å². The minimum atomic E-state index is -0.599. The van der Waals surface area contributed by atoms with Crippen LogP contribution < -0.4 is 24.6 Å². The highest BCUT2D eigenvalue weighted by Gasteiger charge is 2.34. The molecular formula is C34H41F2N3O5. The van der Waals surface area contributed by atoms with Crippen LogP contribution in [0.25, 0.3) is 0 Å². The lowest BCUT2D eigenvalue weighted by Crippen LogP contribution is -2.49. The number of methoxy groups -OCH3 is 1. The molecule has 3 aromatic rings. The molecule has 4 atom stereocenters. The third-order valence-corrected chi connectivity index (χ3v) is 8.70. The highest BCUT2D eigenvalue weighted by molar-refractivity contribution is 5.61. The maximum absolute atomic E-state index is 14.3. The van der Waals surface area contributed by atoms with Crippen molar-refractivity contribution in [1.29, 1.82) is 0 Å². The van der Waals surface area contributed by atoms with E-state index in [9.17, 15) is 13.9 Å². The van der Waals surface area contributed by atoms with Gasteiger partial charge in [0.15, 0.2) is 0 Å². The number of anilines is 2. The molecule has 3 aromatic carbocycles. The Hall–Kier alpha value is -3.44. The van der Waals surface area contributed by atoms with Crippen molar-refractivity contribution in [3.05, 3.63) is 83.4 Å². The second kappa shape index (κ2) is 14.1. The molecule has 8 nitrogen and oxygen atoms in total. The third-order valence-electron chi connectivity index (χ3n) is 8.70. The molecule has 2 fully saturated rings. The van der Waals surface area contributed by atoms with Crippen molar-refractivity contribution < 1.29 is 32.8 Å². The quantitative estimate of drug-likeness (QED) is 0.308. The number of aliphatic hydroxyl groups excluding tert-OH is 1. The fourth-order valence-corrected chi connectivity index (χ4v) is 6.45. The highest BCUT2D eigenvalue weighted by atomic mass is 19.1. The van der Waals surface area contributed by atoms with E-state index in [0.717, 1.165) is 60.8 Å². The smallest absolute Gasteiger partial charge is 0.146 e. The normalized spacial score (nSPS) is 23.4. The molecule has 6 rings (SSSR count). The molecule has 2 N–H and O–H groups in total. The van der Waals surface area contributed by atoms with Gasteiger partial charge < -0.3 is 39.2 Å². The second-order valence-corrected chi connectivity index (χ2v) is 11.7. The first-order chi connectivity index (χ1) is 21.5. The van der Waals surface area contributed by atoms with Crippen LogP contribution in [0.15, 0.2) is 60.7 Å². The van der Waals surface area contributed by atoms with Gasteiger partial charge in [-0.3, -0.25) is 0 Å². The summed E-state index contributed by atoms with van der Waals surface area (Å²) < 4.78 is 51.7. The average molecular weight is 610 g/mol. The molecule has 44 heavy (non-hydrogen) atoms. The van der Waals surface area contributed by atoms with Crippen LogP contribution in [0.1, 0.15) is 29.9 Å². The summed E-state index contributed by atoms with van der Waals surface area (Å²) in [5, 5.41) is 14.3. The maximum Gasteiger partial charge on any atom is 0.146 e. The minimum absolute atomic E-state index is 0.137. The fraction of sp³-hybridized carbons (Fsp3) is 0.471. The number of piperidine rings is 1. The first-order valence-corrected chi connectivity index (χ1v) is 15.4. The number of ether oxygens (including phenoxy) is 4. The third kappa shape index (κ3) is 7.10. The van der Waals surface area contributed by atoms with E-state index in [1.165, 1.54) is 6.07 Å². The highest BCUT2D eigenvalue weighted by Crippen LogP contribution is 2.35.